The molecule has 0 aliphatic rings. The summed E-state index contributed by atoms with van der Waals surface area (Å²) in [6, 6.07) is 14.0. The minimum absolute atomic E-state index is 0.693. The van der Waals surface area contributed by atoms with Crippen molar-refractivity contribution in [2.75, 3.05) is 26.7 Å². The van der Waals surface area contributed by atoms with Crippen molar-refractivity contribution in [3.05, 3.63) is 42.5 Å². The number of benzene rings is 2. The van der Waals surface area contributed by atoms with Crippen LogP contribution in [0.1, 0.15) is 44.9 Å². The largest absolute Gasteiger partial charge is 0.496 e. The molecular weight excluding hydrogens is 360 g/mol. The highest BCUT2D eigenvalue weighted by Crippen LogP contribution is 2.44. The van der Waals surface area contributed by atoms with Gasteiger partial charge in [-0.1, -0.05) is 62.4 Å². The number of ether oxygens (including phenoxy) is 3. The Morgan fingerprint density at radius 2 is 1.33 bits per heavy atom. The monoisotopic (exact) mass is 390 g/mol. The van der Waals surface area contributed by atoms with Crippen molar-refractivity contribution in [1.29, 1.82) is 0 Å². The minimum Gasteiger partial charge on any atom is -0.496 e. The van der Waals surface area contributed by atoms with E-state index in [0.717, 1.165) is 47.1 Å². The van der Waals surface area contributed by atoms with Gasteiger partial charge in [-0.05, 0) is 30.5 Å². The number of halogens is 1. The standard InChI is InChI=1S/C23H31ClO3/c1-25-20-15-16-21(27-18-12-7-5-3-4-6-11-17-24)23(26-2)22(20)19-13-9-8-10-14-19/h8-10,13-16H,3-7,11-12,17-18H2,1-2H3. The smallest absolute Gasteiger partial charge is 0.172 e. The molecule has 0 atom stereocenters. The van der Waals surface area contributed by atoms with Crippen LogP contribution in [-0.4, -0.2) is 26.7 Å². The quantitative estimate of drug-likeness (QED) is 0.280. The van der Waals surface area contributed by atoms with Crippen LogP contribution in [0.15, 0.2) is 42.5 Å². The van der Waals surface area contributed by atoms with E-state index >= 15 is 0 Å². The van der Waals surface area contributed by atoms with Crippen molar-refractivity contribution >= 4 is 11.6 Å². The predicted octanol–water partition coefficient (Wildman–Crippen LogP) is 6.72. The Bertz CT molecular complexity index is 658. The summed E-state index contributed by atoms with van der Waals surface area (Å²) in [4.78, 5) is 0. The second-order valence-electron chi connectivity index (χ2n) is 6.55. The van der Waals surface area contributed by atoms with Crippen molar-refractivity contribution < 1.29 is 14.2 Å². The molecule has 0 spiro atoms. The molecule has 0 saturated heterocycles. The summed E-state index contributed by atoms with van der Waals surface area (Å²) in [5.74, 6) is 3.05. The van der Waals surface area contributed by atoms with Crippen LogP contribution in [0.2, 0.25) is 0 Å². The SMILES string of the molecule is COc1ccc(OCCCCCCCCCCl)c(OC)c1-c1ccccc1. The number of methoxy groups -OCH3 is 2. The molecule has 2 rings (SSSR count). The van der Waals surface area contributed by atoms with Crippen LogP contribution in [0.25, 0.3) is 11.1 Å². The molecule has 4 heteroatoms. The van der Waals surface area contributed by atoms with Crippen LogP contribution in [0, 0.1) is 0 Å². The molecule has 2 aromatic rings. The summed E-state index contributed by atoms with van der Waals surface area (Å²) in [5.41, 5.74) is 1.98. The fourth-order valence-corrected chi connectivity index (χ4v) is 3.36. The second kappa shape index (κ2) is 12.5. The maximum atomic E-state index is 6.04. The van der Waals surface area contributed by atoms with Crippen LogP contribution < -0.4 is 14.2 Å². The van der Waals surface area contributed by atoms with Crippen molar-refractivity contribution in [2.45, 2.75) is 44.9 Å². The molecule has 0 aliphatic carbocycles. The van der Waals surface area contributed by atoms with Gasteiger partial charge in [0.25, 0.3) is 0 Å². The predicted molar refractivity (Wildman–Crippen MR) is 114 cm³/mol. The topological polar surface area (TPSA) is 27.7 Å². The van der Waals surface area contributed by atoms with Crippen molar-refractivity contribution in [2.24, 2.45) is 0 Å². The first-order valence-electron chi connectivity index (χ1n) is 9.81. The van der Waals surface area contributed by atoms with E-state index in [1.807, 2.05) is 42.5 Å². The Labute approximate surface area is 168 Å². The highest BCUT2D eigenvalue weighted by atomic mass is 35.5. The van der Waals surface area contributed by atoms with Crippen molar-refractivity contribution in [1.82, 2.24) is 0 Å². The van der Waals surface area contributed by atoms with E-state index in [-0.39, 0.29) is 0 Å². The van der Waals surface area contributed by atoms with Crippen LogP contribution in [-0.2, 0) is 0 Å². The molecular formula is C23H31ClO3. The molecule has 27 heavy (non-hydrogen) atoms. The summed E-state index contributed by atoms with van der Waals surface area (Å²) < 4.78 is 17.3. The first-order chi connectivity index (χ1) is 13.3. The third-order valence-corrected chi connectivity index (χ3v) is 4.87. The molecule has 2 aromatic carbocycles. The van der Waals surface area contributed by atoms with Crippen molar-refractivity contribution in [3.8, 4) is 28.4 Å². The Kier molecular flexibility index (Phi) is 9.93. The molecule has 0 aromatic heterocycles. The van der Waals surface area contributed by atoms with E-state index in [1.54, 1.807) is 14.2 Å². The van der Waals surface area contributed by atoms with Gasteiger partial charge in [0.1, 0.15) is 5.75 Å². The van der Waals surface area contributed by atoms with Crippen LogP contribution in [0.5, 0.6) is 17.2 Å². The van der Waals surface area contributed by atoms with Gasteiger partial charge in [0.15, 0.2) is 11.5 Å². The van der Waals surface area contributed by atoms with Crippen LogP contribution in [0.3, 0.4) is 0 Å². The highest BCUT2D eigenvalue weighted by Gasteiger charge is 2.17. The van der Waals surface area contributed by atoms with Crippen LogP contribution >= 0.6 is 11.6 Å². The number of alkyl halides is 1. The Morgan fingerprint density at radius 3 is 1.96 bits per heavy atom. The maximum Gasteiger partial charge on any atom is 0.172 e. The average molecular weight is 391 g/mol. The number of hydrogen-bond donors (Lipinski definition) is 0. The summed E-state index contributed by atoms with van der Waals surface area (Å²) >= 11 is 5.70. The van der Waals surface area contributed by atoms with Crippen LogP contribution in [0.4, 0.5) is 0 Å². The number of rotatable bonds is 13. The number of unbranched alkanes of at least 4 members (excludes halogenated alkanes) is 6. The first kappa shape index (κ1) is 21.4. The zero-order chi connectivity index (χ0) is 19.3. The molecule has 0 unspecified atom stereocenters. The van der Waals surface area contributed by atoms with Gasteiger partial charge in [-0.3, -0.25) is 0 Å². The van der Waals surface area contributed by atoms with E-state index in [4.69, 9.17) is 25.8 Å². The van der Waals surface area contributed by atoms with E-state index in [0.29, 0.717) is 6.61 Å². The summed E-state index contributed by atoms with van der Waals surface area (Å²) in [6.07, 6.45) is 8.41. The maximum absolute atomic E-state index is 6.04. The third kappa shape index (κ3) is 6.66. The first-order valence-corrected chi connectivity index (χ1v) is 10.3. The van der Waals surface area contributed by atoms with Gasteiger partial charge in [0.2, 0.25) is 0 Å². The molecule has 0 radical (unpaired) electrons. The molecule has 0 heterocycles. The molecule has 0 aliphatic heterocycles. The lowest BCUT2D eigenvalue weighted by atomic mass is 10.0. The van der Waals surface area contributed by atoms with E-state index < -0.39 is 0 Å². The Hall–Kier alpha value is -1.87. The zero-order valence-corrected chi connectivity index (χ0v) is 17.3. The number of hydrogen-bond acceptors (Lipinski definition) is 3. The zero-order valence-electron chi connectivity index (χ0n) is 16.5. The van der Waals surface area contributed by atoms with Gasteiger partial charge in [0, 0.05) is 5.88 Å². The average Bonchev–Trinajstić information content (AvgIpc) is 2.72. The summed E-state index contributed by atoms with van der Waals surface area (Å²) in [6.45, 7) is 0.693. The molecule has 0 fully saturated rings. The summed E-state index contributed by atoms with van der Waals surface area (Å²) in [5, 5.41) is 0. The van der Waals surface area contributed by atoms with E-state index in [2.05, 4.69) is 0 Å². The molecule has 148 valence electrons. The molecule has 3 nitrogen and oxygen atoms in total. The lowest BCUT2D eigenvalue weighted by Crippen LogP contribution is -2.01. The van der Waals surface area contributed by atoms with E-state index in [1.165, 1.54) is 32.1 Å². The fourth-order valence-electron chi connectivity index (χ4n) is 3.17. The minimum atomic E-state index is 0.693. The second-order valence-corrected chi connectivity index (χ2v) is 6.93. The molecule has 0 amide bonds. The van der Waals surface area contributed by atoms with Gasteiger partial charge in [0.05, 0.1) is 26.4 Å². The van der Waals surface area contributed by atoms with Crippen molar-refractivity contribution in [3.63, 3.8) is 0 Å². The normalized spacial score (nSPS) is 10.6. The lowest BCUT2D eigenvalue weighted by Gasteiger charge is -2.17. The van der Waals surface area contributed by atoms with Gasteiger partial charge in [-0.2, -0.15) is 0 Å². The molecule has 0 bridgehead atoms. The summed E-state index contributed by atoms with van der Waals surface area (Å²) in [7, 11) is 3.35. The highest BCUT2D eigenvalue weighted by molar-refractivity contribution is 6.17. The molecule has 0 N–H and O–H groups in total. The van der Waals surface area contributed by atoms with Gasteiger partial charge >= 0.3 is 0 Å². The third-order valence-electron chi connectivity index (χ3n) is 4.61. The van der Waals surface area contributed by atoms with Gasteiger partial charge < -0.3 is 14.2 Å². The Morgan fingerprint density at radius 1 is 0.704 bits per heavy atom. The molecule has 0 saturated carbocycles. The lowest BCUT2D eigenvalue weighted by molar-refractivity contribution is 0.284. The Balaban J connectivity index is 1.93. The van der Waals surface area contributed by atoms with Gasteiger partial charge in [-0.15, -0.1) is 11.6 Å². The van der Waals surface area contributed by atoms with Gasteiger partial charge in [-0.25, -0.2) is 0 Å². The fraction of sp³-hybridized carbons (Fsp3) is 0.478. The van der Waals surface area contributed by atoms with E-state index in [9.17, 15) is 0 Å².